The quantitative estimate of drug-likeness (QED) is 0.724. The molecule has 2 aliphatic heterocycles. The molecule has 23 heavy (non-hydrogen) atoms. The van der Waals surface area contributed by atoms with Crippen molar-refractivity contribution in [2.45, 2.75) is 64.8 Å². The van der Waals surface area contributed by atoms with Crippen LogP contribution in [-0.4, -0.2) is 42.2 Å². The second kappa shape index (κ2) is 6.63. The van der Waals surface area contributed by atoms with Crippen molar-refractivity contribution in [3.63, 3.8) is 0 Å². The topological polar surface area (TPSA) is 51.1 Å². The molecule has 2 unspecified atom stereocenters. The fourth-order valence-corrected chi connectivity index (χ4v) is 4.63. The van der Waals surface area contributed by atoms with Gasteiger partial charge in [0.25, 0.3) is 0 Å². The van der Waals surface area contributed by atoms with Crippen molar-refractivity contribution in [1.82, 2.24) is 4.90 Å². The maximum atomic E-state index is 11.8. The lowest BCUT2D eigenvalue weighted by molar-refractivity contribution is 0.0550. The van der Waals surface area contributed by atoms with E-state index in [4.69, 9.17) is 9.47 Å². The van der Waals surface area contributed by atoms with Crippen LogP contribution in [0, 0.1) is 5.92 Å². The number of rotatable bonds is 2. The molecular formula is C18H28N2O3. The number of nitrogens with zero attached hydrogens (tertiary/aromatic N) is 2. The predicted molar refractivity (Wildman–Crippen MR) is 89.4 cm³/mol. The number of fused-ring (bicyclic) bond motifs is 1. The van der Waals surface area contributed by atoms with Crippen molar-refractivity contribution < 1.29 is 14.3 Å². The molecule has 0 amide bonds. The van der Waals surface area contributed by atoms with E-state index in [1.54, 1.807) is 6.92 Å². The molecule has 5 nitrogen and oxygen atoms in total. The SMILES string of the molecule is CCOC(=O)OC1=NC(C)=C(C)C2(N3CCCC3)CCCCC12. The number of hydrogen-bond donors (Lipinski definition) is 0. The van der Waals surface area contributed by atoms with Crippen molar-refractivity contribution >= 4 is 12.1 Å². The Morgan fingerprint density at radius 2 is 2.00 bits per heavy atom. The molecule has 3 aliphatic rings. The van der Waals surface area contributed by atoms with Crippen molar-refractivity contribution in [1.29, 1.82) is 0 Å². The van der Waals surface area contributed by atoms with Gasteiger partial charge in [-0.15, -0.1) is 0 Å². The Balaban J connectivity index is 1.96. The number of allylic oxidation sites excluding steroid dienone is 1. The average Bonchev–Trinajstić information content (AvgIpc) is 3.07. The first-order chi connectivity index (χ1) is 11.1. The Morgan fingerprint density at radius 1 is 1.26 bits per heavy atom. The van der Waals surface area contributed by atoms with E-state index in [2.05, 4.69) is 16.8 Å². The van der Waals surface area contributed by atoms with Crippen LogP contribution in [0.5, 0.6) is 0 Å². The van der Waals surface area contributed by atoms with E-state index >= 15 is 0 Å². The predicted octanol–water partition coefficient (Wildman–Crippen LogP) is 3.89. The summed E-state index contributed by atoms with van der Waals surface area (Å²) in [6.07, 6.45) is 6.44. The molecule has 0 N–H and O–H groups in total. The molecule has 1 saturated carbocycles. The zero-order valence-corrected chi connectivity index (χ0v) is 14.6. The summed E-state index contributed by atoms with van der Waals surface area (Å²) >= 11 is 0. The standard InChI is InChI=1S/C18H28N2O3/c1-4-22-17(21)23-16-15-9-5-6-10-18(15,13(2)14(3)19-16)20-11-7-8-12-20/h15H,4-12H2,1-3H3. The third-order valence-electron chi connectivity index (χ3n) is 5.77. The lowest BCUT2D eigenvalue weighted by atomic mass is 9.66. The van der Waals surface area contributed by atoms with Gasteiger partial charge in [0.2, 0.25) is 5.90 Å². The van der Waals surface area contributed by atoms with E-state index < -0.39 is 6.16 Å². The Kier molecular flexibility index (Phi) is 4.76. The van der Waals surface area contributed by atoms with Crippen LogP contribution in [0.4, 0.5) is 4.79 Å². The fourth-order valence-electron chi connectivity index (χ4n) is 4.63. The molecule has 0 spiro atoms. The monoisotopic (exact) mass is 320 g/mol. The van der Waals surface area contributed by atoms with Gasteiger partial charge in [-0.05, 0) is 65.1 Å². The molecule has 2 heterocycles. The number of carbonyl (C=O) groups excluding carboxylic acids is 1. The van der Waals surface area contributed by atoms with E-state index in [1.165, 1.54) is 24.8 Å². The molecule has 3 rings (SSSR count). The molecule has 128 valence electrons. The third kappa shape index (κ3) is 2.80. The van der Waals surface area contributed by atoms with Crippen molar-refractivity contribution in [2.75, 3.05) is 19.7 Å². The normalized spacial score (nSPS) is 31.6. The Bertz CT molecular complexity index is 534. The zero-order valence-electron chi connectivity index (χ0n) is 14.6. The average molecular weight is 320 g/mol. The van der Waals surface area contributed by atoms with Gasteiger partial charge in [-0.3, -0.25) is 4.90 Å². The highest BCUT2D eigenvalue weighted by Gasteiger charge is 2.52. The van der Waals surface area contributed by atoms with Crippen LogP contribution in [0.15, 0.2) is 16.3 Å². The molecule has 0 aromatic rings. The highest BCUT2D eigenvalue weighted by atomic mass is 16.7. The van der Waals surface area contributed by atoms with Crippen LogP contribution in [-0.2, 0) is 9.47 Å². The Hall–Kier alpha value is -1.36. The molecule has 1 saturated heterocycles. The van der Waals surface area contributed by atoms with Crippen LogP contribution < -0.4 is 0 Å². The highest BCUT2D eigenvalue weighted by molar-refractivity contribution is 5.91. The van der Waals surface area contributed by atoms with Gasteiger partial charge in [0.15, 0.2) is 0 Å². The third-order valence-corrected chi connectivity index (χ3v) is 5.77. The molecule has 2 atom stereocenters. The van der Waals surface area contributed by atoms with Gasteiger partial charge in [0, 0.05) is 5.70 Å². The summed E-state index contributed by atoms with van der Waals surface area (Å²) in [6.45, 7) is 8.63. The molecule has 0 radical (unpaired) electrons. The van der Waals surface area contributed by atoms with Crippen LogP contribution in [0.25, 0.3) is 0 Å². The number of hydrogen-bond acceptors (Lipinski definition) is 5. The van der Waals surface area contributed by atoms with E-state index in [0.717, 1.165) is 38.0 Å². The Labute approximate surface area is 138 Å². The summed E-state index contributed by atoms with van der Waals surface area (Å²) in [4.78, 5) is 19.1. The summed E-state index contributed by atoms with van der Waals surface area (Å²) in [5.74, 6) is 0.737. The van der Waals surface area contributed by atoms with Crippen molar-refractivity contribution in [3.05, 3.63) is 11.3 Å². The van der Waals surface area contributed by atoms with Crippen molar-refractivity contribution in [3.8, 4) is 0 Å². The number of ether oxygens (including phenoxy) is 2. The summed E-state index contributed by atoms with van der Waals surface area (Å²) in [6, 6.07) is 0. The van der Waals surface area contributed by atoms with Crippen molar-refractivity contribution in [2.24, 2.45) is 10.9 Å². The molecule has 0 bridgehead atoms. The van der Waals surface area contributed by atoms with Gasteiger partial charge in [0.1, 0.15) is 0 Å². The first-order valence-corrected chi connectivity index (χ1v) is 8.95. The maximum Gasteiger partial charge on any atom is 0.514 e. The van der Waals surface area contributed by atoms with Gasteiger partial charge in [-0.2, -0.15) is 0 Å². The zero-order chi connectivity index (χ0) is 16.4. The number of aliphatic imine (C=N–C) groups is 1. The molecular weight excluding hydrogens is 292 g/mol. The smallest absolute Gasteiger partial charge is 0.434 e. The second-order valence-corrected chi connectivity index (χ2v) is 6.86. The van der Waals surface area contributed by atoms with Gasteiger partial charge in [0.05, 0.1) is 18.1 Å². The van der Waals surface area contributed by atoms with Crippen LogP contribution in [0.2, 0.25) is 0 Å². The van der Waals surface area contributed by atoms with Gasteiger partial charge in [-0.1, -0.05) is 12.8 Å². The summed E-state index contributed by atoms with van der Waals surface area (Å²) in [7, 11) is 0. The second-order valence-electron chi connectivity index (χ2n) is 6.86. The Morgan fingerprint density at radius 3 is 2.70 bits per heavy atom. The summed E-state index contributed by atoms with van der Waals surface area (Å²) in [5, 5.41) is 0. The van der Waals surface area contributed by atoms with Crippen LogP contribution in [0.3, 0.4) is 0 Å². The summed E-state index contributed by atoms with van der Waals surface area (Å²) in [5.41, 5.74) is 2.34. The lowest BCUT2D eigenvalue weighted by Crippen LogP contribution is -2.59. The van der Waals surface area contributed by atoms with E-state index in [-0.39, 0.29) is 11.5 Å². The van der Waals surface area contributed by atoms with Gasteiger partial charge in [-0.25, -0.2) is 9.79 Å². The first-order valence-electron chi connectivity index (χ1n) is 8.95. The maximum absolute atomic E-state index is 11.8. The van der Waals surface area contributed by atoms with Crippen LogP contribution in [0.1, 0.15) is 59.3 Å². The van der Waals surface area contributed by atoms with Gasteiger partial charge >= 0.3 is 6.16 Å². The summed E-state index contributed by atoms with van der Waals surface area (Å²) < 4.78 is 10.5. The van der Waals surface area contributed by atoms with E-state index in [0.29, 0.717) is 12.5 Å². The molecule has 0 aromatic carbocycles. The minimum absolute atomic E-state index is 0.0115. The van der Waals surface area contributed by atoms with E-state index in [1.807, 2.05) is 6.92 Å². The molecule has 0 aromatic heterocycles. The van der Waals surface area contributed by atoms with E-state index in [9.17, 15) is 4.79 Å². The minimum atomic E-state index is -0.625. The molecule has 5 heteroatoms. The number of carbonyl (C=O) groups is 1. The lowest BCUT2D eigenvalue weighted by Gasteiger charge is -2.52. The number of likely N-dealkylation sites (tertiary alicyclic amines) is 1. The molecule has 2 fully saturated rings. The fraction of sp³-hybridized carbons (Fsp3) is 0.778. The van der Waals surface area contributed by atoms with Crippen LogP contribution >= 0.6 is 0 Å². The largest absolute Gasteiger partial charge is 0.514 e. The van der Waals surface area contributed by atoms with Gasteiger partial charge < -0.3 is 9.47 Å². The minimum Gasteiger partial charge on any atom is -0.434 e. The highest BCUT2D eigenvalue weighted by Crippen LogP contribution is 2.49. The molecule has 1 aliphatic carbocycles. The first kappa shape index (κ1) is 16.5.